The maximum atomic E-state index is 6.39. The molecule has 18 heavy (non-hydrogen) atoms. The van der Waals surface area contributed by atoms with Gasteiger partial charge < -0.3 is 15.4 Å². The molecule has 1 heterocycles. The van der Waals surface area contributed by atoms with Gasteiger partial charge in [-0.3, -0.25) is 0 Å². The maximum absolute atomic E-state index is 6.39. The van der Waals surface area contributed by atoms with Gasteiger partial charge in [0.1, 0.15) is 0 Å². The number of halogens is 1. The van der Waals surface area contributed by atoms with Crippen LogP contribution >= 0.6 is 11.6 Å². The zero-order valence-corrected chi connectivity index (χ0v) is 11.8. The summed E-state index contributed by atoms with van der Waals surface area (Å²) in [5.41, 5.74) is 8.04. The summed E-state index contributed by atoms with van der Waals surface area (Å²) in [5.74, 6) is 0. The van der Waals surface area contributed by atoms with Gasteiger partial charge in [-0.1, -0.05) is 23.7 Å². The molecule has 4 heteroatoms. The Morgan fingerprint density at radius 2 is 2.22 bits per heavy atom. The molecule has 0 aromatic heterocycles. The number of para-hydroxylation sites is 1. The molecular weight excluding hydrogens is 248 g/mol. The van der Waals surface area contributed by atoms with Crippen LogP contribution in [0.3, 0.4) is 0 Å². The fourth-order valence-electron chi connectivity index (χ4n) is 2.45. The minimum Gasteiger partial charge on any atom is -0.375 e. The largest absolute Gasteiger partial charge is 0.375 e. The lowest BCUT2D eigenvalue weighted by Crippen LogP contribution is -2.48. The van der Waals surface area contributed by atoms with Crippen LogP contribution < -0.4 is 10.6 Å². The molecule has 1 aromatic rings. The molecule has 2 rings (SSSR count). The Morgan fingerprint density at radius 3 is 2.94 bits per heavy atom. The molecule has 1 aliphatic heterocycles. The highest BCUT2D eigenvalue weighted by molar-refractivity contribution is 6.33. The van der Waals surface area contributed by atoms with Crippen molar-refractivity contribution in [2.45, 2.75) is 32.4 Å². The third-order valence-electron chi connectivity index (χ3n) is 3.38. The van der Waals surface area contributed by atoms with E-state index in [0.717, 1.165) is 30.3 Å². The highest BCUT2D eigenvalue weighted by Crippen LogP contribution is 2.33. The molecule has 0 aliphatic carbocycles. The molecular formula is C14H21ClN2O. The second-order valence-corrected chi connectivity index (χ2v) is 5.34. The van der Waals surface area contributed by atoms with E-state index in [-0.39, 0.29) is 6.10 Å². The molecule has 1 fully saturated rings. The van der Waals surface area contributed by atoms with Crippen LogP contribution in [0.2, 0.25) is 5.02 Å². The molecule has 2 N–H and O–H groups in total. The van der Waals surface area contributed by atoms with E-state index in [4.69, 9.17) is 22.1 Å². The van der Waals surface area contributed by atoms with Crippen molar-refractivity contribution < 1.29 is 4.74 Å². The summed E-state index contributed by atoms with van der Waals surface area (Å²) in [4.78, 5) is 2.35. The van der Waals surface area contributed by atoms with Crippen molar-refractivity contribution in [3.63, 3.8) is 0 Å². The van der Waals surface area contributed by atoms with Crippen LogP contribution in [0.5, 0.6) is 0 Å². The minimum absolute atomic E-state index is 0.239. The lowest BCUT2D eigenvalue weighted by atomic mass is 10.1. The Kier molecular flexibility index (Phi) is 4.49. The number of ether oxygens (including phenoxy) is 1. The van der Waals surface area contributed by atoms with Crippen LogP contribution in [0.25, 0.3) is 0 Å². The van der Waals surface area contributed by atoms with Crippen LogP contribution in [0.15, 0.2) is 18.2 Å². The average molecular weight is 269 g/mol. The smallest absolute Gasteiger partial charge is 0.0723 e. The van der Waals surface area contributed by atoms with Crippen LogP contribution in [0.1, 0.15) is 19.4 Å². The summed E-state index contributed by atoms with van der Waals surface area (Å²) < 4.78 is 5.67. The van der Waals surface area contributed by atoms with Crippen molar-refractivity contribution in [3.8, 4) is 0 Å². The molecule has 2 unspecified atom stereocenters. The van der Waals surface area contributed by atoms with Crippen molar-refractivity contribution in [2.75, 3.05) is 24.6 Å². The normalized spacial score (nSPS) is 24.3. The quantitative estimate of drug-likeness (QED) is 0.915. The van der Waals surface area contributed by atoms with Gasteiger partial charge in [-0.15, -0.1) is 0 Å². The van der Waals surface area contributed by atoms with Gasteiger partial charge in [0.2, 0.25) is 0 Å². The first kappa shape index (κ1) is 13.7. The van der Waals surface area contributed by atoms with E-state index in [0.29, 0.717) is 12.6 Å². The van der Waals surface area contributed by atoms with E-state index < -0.39 is 0 Å². The van der Waals surface area contributed by atoms with Gasteiger partial charge in [-0.05, 0) is 38.4 Å². The maximum Gasteiger partial charge on any atom is 0.0723 e. The highest BCUT2D eigenvalue weighted by Gasteiger charge is 2.26. The zero-order valence-electron chi connectivity index (χ0n) is 11.0. The van der Waals surface area contributed by atoms with Gasteiger partial charge in [0.05, 0.1) is 23.4 Å². The number of benzene rings is 1. The lowest BCUT2D eigenvalue weighted by molar-refractivity contribution is 0.0343. The number of nitrogens with two attached hydrogens (primary N) is 1. The van der Waals surface area contributed by atoms with Crippen molar-refractivity contribution in [1.29, 1.82) is 0 Å². The van der Waals surface area contributed by atoms with E-state index in [1.54, 1.807) is 0 Å². The second kappa shape index (κ2) is 5.91. The Balaban J connectivity index is 2.35. The van der Waals surface area contributed by atoms with E-state index in [1.165, 1.54) is 5.56 Å². The van der Waals surface area contributed by atoms with E-state index in [9.17, 15) is 0 Å². The predicted molar refractivity (Wildman–Crippen MR) is 76.4 cm³/mol. The Labute approximate surface area is 114 Å². The van der Waals surface area contributed by atoms with E-state index >= 15 is 0 Å². The molecule has 3 nitrogen and oxygen atoms in total. The first-order chi connectivity index (χ1) is 8.63. The van der Waals surface area contributed by atoms with Gasteiger partial charge in [-0.2, -0.15) is 0 Å². The number of morpholine rings is 1. The minimum atomic E-state index is 0.239. The third-order valence-corrected chi connectivity index (χ3v) is 3.68. The number of anilines is 1. The van der Waals surface area contributed by atoms with Crippen LogP contribution in [-0.2, 0) is 11.2 Å². The fraction of sp³-hybridized carbons (Fsp3) is 0.571. The number of hydrogen-bond acceptors (Lipinski definition) is 3. The van der Waals surface area contributed by atoms with Gasteiger partial charge in [-0.25, -0.2) is 0 Å². The van der Waals surface area contributed by atoms with Gasteiger partial charge in [0, 0.05) is 12.6 Å². The summed E-state index contributed by atoms with van der Waals surface area (Å²) in [7, 11) is 0. The molecule has 1 aliphatic rings. The summed E-state index contributed by atoms with van der Waals surface area (Å²) in [6.07, 6.45) is 1.09. The molecule has 0 saturated carbocycles. The summed E-state index contributed by atoms with van der Waals surface area (Å²) >= 11 is 6.39. The van der Waals surface area contributed by atoms with Crippen molar-refractivity contribution in [1.82, 2.24) is 0 Å². The number of rotatable bonds is 3. The molecule has 0 amide bonds. The lowest BCUT2D eigenvalue weighted by Gasteiger charge is -2.40. The molecule has 0 spiro atoms. The topological polar surface area (TPSA) is 38.5 Å². The summed E-state index contributed by atoms with van der Waals surface area (Å²) in [6.45, 7) is 6.53. The highest BCUT2D eigenvalue weighted by atomic mass is 35.5. The molecule has 2 atom stereocenters. The van der Waals surface area contributed by atoms with Crippen molar-refractivity contribution in [3.05, 3.63) is 28.8 Å². The van der Waals surface area contributed by atoms with Gasteiger partial charge in [0.15, 0.2) is 0 Å². The zero-order chi connectivity index (χ0) is 13.1. The monoisotopic (exact) mass is 268 g/mol. The standard InChI is InChI=1S/C14H21ClN2O/c1-10-9-18-11(2)8-17(10)14-12(6-7-16)4-3-5-13(14)15/h3-5,10-11H,6-9,16H2,1-2H3. The summed E-state index contributed by atoms with van der Waals surface area (Å²) in [6, 6.07) is 6.40. The van der Waals surface area contributed by atoms with Crippen LogP contribution in [0.4, 0.5) is 5.69 Å². The van der Waals surface area contributed by atoms with Crippen molar-refractivity contribution >= 4 is 17.3 Å². The first-order valence-electron chi connectivity index (χ1n) is 6.49. The Bertz CT molecular complexity index is 411. The molecule has 1 aromatic carbocycles. The van der Waals surface area contributed by atoms with E-state index in [1.807, 2.05) is 12.1 Å². The van der Waals surface area contributed by atoms with Gasteiger partial charge >= 0.3 is 0 Å². The average Bonchev–Trinajstić information content (AvgIpc) is 2.34. The molecule has 100 valence electrons. The molecule has 0 bridgehead atoms. The van der Waals surface area contributed by atoms with Crippen LogP contribution in [-0.4, -0.2) is 31.8 Å². The van der Waals surface area contributed by atoms with Gasteiger partial charge in [0.25, 0.3) is 0 Å². The van der Waals surface area contributed by atoms with Crippen LogP contribution in [0, 0.1) is 0 Å². The second-order valence-electron chi connectivity index (χ2n) is 4.93. The predicted octanol–water partition coefficient (Wildman–Crippen LogP) is 2.45. The SMILES string of the molecule is CC1CN(c2c(Cl)cccc2CCN)C(C)CO1. The number of nitrogens with zero attached hydrogens (tertiary/aromatic N) is 1. The fourth-order valence-corrected chi connectivity index (χ4v) is 2.76. The Morgan fingerprint density at radius 1 is 1.44 bits per heavy atom. The van der Waals surface area contributed by atoms with E-state index in [2.05, 4.69) is 24.8 Å². The molecule has 1 saturated heterocycles. The third kappa shape index (κ3) is 2.79. The first-order valence-corrected chi connectivity index (χ1v) is 6.87. The van der Waals surface area contributed by atoms with Crippen molar-refractivity contribution in [2.24, 2.45) is 5.73 Å². The molecule has 0 radical (unpaired) electrons. The number of hydrogen-bond donors (Lipinski definition) is 1. The summed E-state index contributed by atoms with van der Waals surface area (Å²) in [5, 5.41) is 0.807. The Hall–Kier alpha value is -0.770.